The highest BCUT2D eigenvalue weighted by molar-refractivity contribution is 5.72. The summed E-state index contributed by atoms with van der Waals surface area (Å²) in [5.74, 6) is 1.29. The lowest BCUT2D eigenvalue weighted by molar-refractivity contribution is -0.144. The van der Waals surface area contributed by atoms with Crippen LogP contribution in [0.3, 0.4) is 0 Å². The quantitative estimate of drug-likeness (QED) is 0.779. The van der Waals surface area contributed by atoms with Crippen LogP contribution in [0.25, 0.3) is 11.7 Å². The maximum absolute atomic E-state index is 11.5. The predicted molar refractivity (Wildman–Crippen MR) is 67.4 cm³/mol. The molecule has 0 aromatic carbocycles. The van der Waals surface area contributed by atoms with E-state index in [0.717, 1.165) is 13.0 Å². The number of furan rings is 1. The Morgan fingerprint density at radius 2 is 2.50 bits per heavy atom. The van der Waals surface area contributed by atoms with Crippen molar-refractivity contribution in [3.05, 3.63) is 24.2 Å². The summed E-state index contributed by atoms with van der Waals surface area (Å²) in [5, 5.41) is 3.92. The summed E-state index contributed by atoms with van der Waals surface area (Å²) in [6.07, 6.45) is 2.36. The second kappa shape index (κ2) is 5.46. The fourth-order valence-electron chi connectivity index (χ4n) is 2.35. The van der Waals surface area contributed by atoms with E-state index in [-0.39, 0.29) is 11.9 Å². The summed E-state index contributed by atoms with van der Waals surface area (Å²) in [4.78, 5) is 17.8. The Kier molecular flexibility index (Phi) is 3.51. The summed E-state index contributed by atoms with van der Waals surface area (Å²) in [7, 11) is 1.42. The van der Waals surface area contributed by atoms with Gasteiger partial charge in [0.1, 0.15) is 0 Å². The lowest BCUT2D eigenvalue weighted by Crippen LogP contribution is -2.24. The first-order chi connectivity index (χ1) is 9.76. The largest absolute Gasteiger partial charge is 0.469 e. The maximum atomic E-state index is 11.5. The Morgan fingerprint density at radius 3 is 3.25 bits per heavy atom. The molecule has 0 aliphatic carbocycles. The van der Waals surface area contributed by atoms with Gasteiger partial charge in [-0.3, -0.25) is 9.69 Å². The summed E-state index contributed by atoms with van der Waals surface area (Å²) in [6, 6.07) is 3.53. The van der Waals surface area contributed by atoms with E-state index in [1.54, 1.807) is 18.4 Å². The van der Waals surface area contributed by atoms with Gasteiger partial charge in [0.2, 0.25) is 0 Å². The summed E-state index contributed by atoms with van der Waals surface area (Å²) < 4.78 is 15.1. The van der Waals surface area contributed by atoms with Gasteiger partial charge in [0.25, 0.3) is 5.89 Å². The van der Waals surface area contributed by atoms with E-state index >= 15 is 0 Å². The molecule has 0 amide bonds. The lowest BCUT2D eigenvalue weighted by atomic mass is 10.1. The van der Waals surface area contributed by atoms with Crippen LogP contribution in [0.15, 0.2) is 27.3 Å². The van der Waals surface area contributed by atoms with Gasteiger partial charge in [-0.15, -0.1) is 0 Å². The van der Waals surface area contributed by atoms with Crippen LogP contribution in [0, 0.1) is 5.92 Å². The third-order valence-corrected chi connectivity index (χ3v) is 3.37. The van der Waals surface area contributed by atoms with Crippen molar-refractivity contribution in [2.75, 3.05) is 20.2 Å². The van der Waals surface area contributed by atoms with Gasteiger partial charge >= 0.3 is 5.97 Å². The molecule has 0 saturated carbocycles. The van der Waals surface area contributed by atoms with Crippen LogP contribution in [0.4, 0.5) is 0 Å². The number of nitrogens with zero attached hydrogens (tertiary/aromatic N) is 3. The second-order valence-electron chi connectivity index (χ2n) is 4.74. The van der Waals surface area contributed by atoms with Gasteiger partial charge in [-0.05, 0) is 25.1 Å². The normalized spacial score (nSPS) is 19.4. The number of carbonyl (C=O) groups excluding carboxylic acids is 1. The number of methoxy groups -OCH3 is 1. The Balaban J connectivity index is 1.61. The number of aromatic nitrogens is 2. The van der Waals surface area contributed by atoms with Gasteiger partial charge in [-0.1, -0.05) is 5.16 Å². The molecule has 1 aliphatic rings. The first kappa shape index (κ1) is 12.9. The van der Waals surface area contributed by atoms with Crippen LogP contribution >= 0.6 is 0 Å². The molecule has 1 unspecified atom stereocenters. The van der Waals surface area contributed by atoms with Crippen LogP contribution in [-0.4, -0.2) is 41.2 Å². The maximum Gasteiger partial charge on any atom is 0.310 e. The van der Waals surface area contributed by atoms with Crippen molar-refractivity contribution in [3.8, 4) is 11.7 Å². The van der Waals surface area contributed by atoms with Gasteiger partial charge in [-0.2, -0.15) is 4.98 Å². The molecule has 1 saturated heterocycles. The van der Waals surface area contributed by atoms with Gasteiger partial charge in [0.15, 0.2) is 11.6 Å². The highest BCUT2D eigenvalue weighted by atomic mass is 16.5. The average molecular weight is 277 g/mol. The Labute approximate surface area is 115 Å². The average Bonchev–Trinajstić information content (AvgIpc) is 3.19. The van der Waals surface area contributed by atoms with Crippen LogP contribution < -0.4 is 0 Å². The molecule has 0 bridgehead atoms. The fourth-order valence-corrected chi connectivity index (χ4v) is 2.35. The van der Waals surface area contributed by atoms with E-state index < -0.39 is 0 Å². The van der Waals surface area contributed by atoms with E-state index in [1.165, 1.54) is 7.11 Å². The monoisotopic (exact) mass is 277 g/mol. The molecule has 3 rings (SSSR count). The number of hydrogen-bond acceptors (Lipinski definition) is 7. The minimum absolute atomic E-state index is 0.0588. The minimum atomic E-state index is -0.156. The van der Waals surface area contributed by atoms with Crippen molar-refractivity contribution in [1.29, 1.82) is 0 Å². The predicted octanol–water partition coefficient (Wildman–Crippen LogP) is 1.32. The molecule has 1 atom stereocenters. The minimum Gasteiger partial charge on any atom is -0.469 e. The van der Waals surface area contributed by atoms with Crippen molar-refractivity contribution in [1.82, 2.24) is 15.0 Å². The fraction of sp³-hybridized carbons (Fsp3) is 0.462. The number of carbonyl (C=O) groups is 1. The molecule has 2 aromatic heterocycles. The second-order valence-corrected chi connectivity index (χ2v) is 4.74. The molecule has 7 nitrogen and oxygen atoms in total. The van der Waals surface area contributed by atoms with E-state index in [4.69, 9.17) is 13.7 Å². The molecule has 0 spiro atoms. The molecule has 106 valence electrons. The Morgan fingerprint density at radius 1 is 1.60 bits per heavy atom. The highest BCUT2D eigenvalue weighted by Crippen LogP contribution is 2.21. The van der Waals surface area contributed by atoms with Crippen LogP contribution in [0.5, 0.6) is 0 Å². The molecule has 2 aromatic rings. The molecule has 7 heteroatoms. The Bertz CT molecular complexity index is 578. The zero-order chi connectivity index (χ0) is 13.9. The molecule has 0 N–H and O–H groups in total. The molecule has 0 radical (unpaired) electrons. The van der Waals surface area contributed by atoms with Crippen molar-refractivity contribution in [2.45, 2.75) is 13.0 Å². The van der Waals surface area contributed by atoms with Crippen molar-refractivity contribution >= 4 is 5.97 Å². The molecule has 20 heavy (non-hydrogen) atoms. The van der Waals surface area contributed by atoms with Gasteiger partial charge in [0.05, 0.1) is 25.8 Å². The van der Waals surface area contributed by atoms with E-state index in [9.17, 15) is 4.79 Å². The van der Waals surface area contributed by atoms with Crippen LogP contribution in [-0.2, 0) is 16.1 Å². The SMILES string of the molecule is COC(=O)C1CCN(Cc2noc(-c3ccco3)n2)C1. The number of ether oxygens (including phenoxy) is 1. The van der Waals surface area contributed by atoms with Gasteiger partial charge in [0, 0.05) is 6.54 Å². The number of rotatable bonds is 4. The van der Waals surface area contributed by atoms with Crippen molar-refractivity contribution in [2.24, 2.45) is 5.92 Å². The summed E-state index contributed by atoms with van der Waals surface area (Å²) in [5.41, 5.74) is 0. The number of likely N-dealkylation sites (tertiary alicyclic amines) is 1. The van der Waals surface area contributed by atoms with E-state index in [1.807, 2.05) is 0 Å². The topological polar surface area (TPSA) is 81.6 Å². The van der Waals surface area contributed by atoms with E-state index in [0.29, 0.717) is 30.6 Å². The van der Waals surface area contributed by atoms with Gasteiger partial charge < -0.3 is 13.7 Å². The summed E-state index contributed by atoms with van der Waals surface area (Å²) in [6.45, 7) is 2.04. The zero-order valence-corrected chi connectivity index (χ0v) is 11.1. The first-order valence-electron chi connectivity index (χ1n) is 6.43. The van der Waals surface area contributed by atoms with Gasteiger partial charge in [-0.25, -0.2) is 0 Å². The van der Waals surface area contributed by atoms with Crippen LogP contribution in [0.2, 0.25) is 0 Å². The third-order valence-electron chi connectivity index (χ3n) is 3.37. The number of hydrogen-bond donors (Lipinski definition) is 0. The molecular formula is C13H15N3O4. The number of esters is 1. The molecular weight excluding hydrogens is 262 g/mol. The third kappa shape index (κ3) is 2.57. The van der Waals surface area contributed by atoms with Crippen molar-refractivity contribution in [3.63, 3.8) is 0 Å². The molecule has 1 fully saturated rings. The highest BCUT2D eigenvalue weighted by Gasteiger charge is 2.29. The zero-order valence-electron chi connectivity index (χ0n) is 11.1. The van der Waals surface area contributed by atoms with Crippen LogP contribution in [0.1, 0.15) is 12.2 Å². The molecule has 3 heterocycles. The lowest BCUT2D eigenvalue weighted by Gasteiger charge is -2.12. The summed E-state index contributed by atoms with van der Waals surface area (Å²) >= 11 is 0. The van der Waals surface area contributed by atoms with E-state index in [2.05, 4.69) is 15.0 Å². The molecule has 1 aliphatic heterocycles. The Hall–Kier alpha value is -2.15. The van der Waals surface area contributed by atoms with Crippen molar-refractivity contribution < 1.29 is 18.5 Å². The standard InChI is InChI=1S/C13H15N3O4/c1-18-13(17)9-4-5-16(7-9)8-11-14-12(20-15-11)10-3-2-6-19-10/h2-3,6,9H,4-5,7-8H2,1H3. The first-order valence-corrected chi connectivity index (χ1v) is 6.43. The smallest absolute Gasteiger partial charge is 0.310 e.